The van der Waals surface area contributed by atoms with Crippen molar-refractivity contribution in [3.63, 3.8) is 0 Å². The van der Waals surface area contributed by atoms with Crippen LogP contribution in [0.25, 0.3) is 0 Å². The van der Waals surface area contributed by atoms with Crippen LogP contribution in [0.4, 0.5) is 11.4 Å². The summed E-state index contributed by atoms with van der Waals surface area (Å²) in [6.45, 7) is 6.57. The van der Waals surface area contributed by atoms with E-state index in [0.29, 0.717) is 12.1 Å². The molecule has 0 bridgehead atoms. The molecule has 0 aliphatic heterocycles. The highest BCUT2D eigenvalue weighted by Gasteiger charge is 2.11. The summed E-state index contributed by atoms with van der Waals surface area (Å²) >= 11 is 0. The van der Waals surface area contributed by atoms with Crippen molar-refractivity contribution in [1.29, 1.82) is 0 Å². The van der Waals surface area contributed by atoms with E-state index in [1.807, 2.05) is 32.9 Å². The van der Waals surface area contributed by atoms with Crippen molar-refractivity contribution < 1.29 is 9.21 Å². The average Bonchev–Trinajstić information content (AvgIpc) is 3.10. The number of carbonyl (C=O) groups is 1. The third-order valence-corrected chi connectivity index (χ3v) is 3.96. The van der Waals surface area contributed by atoms with E-state index in [-0.39, 0.29) is 5.91 Å². The van der Waals surface area contributed by atoms with Crippen LogP contribution in [0.1, 0.15) is 32.8 Å². The summed E-state index contributed by atoms with van der Waals surface area (Å²) < 4.78 is 5.29. The zero-order chi connectivity index (χ0) is 17.8. The first-order valence-electron chi connectivity index (χ1n) is 8.13. The summed E-state index contributed by atoms with van der Waals surface area (Å²) in [5.41, 5.74) is 5.39. The van der Waals surface area contributed by atoms with E-state index >= 15 is 0 Å². The first kappa shape index (κ1) is 16.8. The van der Waals surface area contributed by atoms with Gasteiger partial charge in [0.15, 0.2) is 0 Å². The van der Waals surface area contributed by atoms with Crippen LogP contribution in [-0.2, 0) is 6.54 Å². The average molecular weight is 335 g/mol. The third-order valence-electron chi connectivity index (χ3n) is 3.96. The molecular weight excluding hydrogens is 314 g/mol. The van der Waals surface area contributed by atoms with Crippen molar-refractivity contribution in [3.8, 4) is 0 Å². The number of pyridine rings is 1. The molecule has 2 aromatic heterocycles. The number of hydrogen-bond acceptors (Lipinski definition) is 4. The van der Waals surface area contributed by atoms with Crippen LogP contribution >= 0.6 is 0 Å². The molecule has 3 aromatic rings. The van der Waals surface area contributed by atoms with Crippen LogP contribution < -0.4 is 10.6 Å². The van der Waals surface area contributed by atoms with Gasteiger partial charge < -0.3 is 15.1 Å². The molecule has 0 aliphatic carbocycles. The maximum Gasteiger partial charge on any atom is 0.257 e. The number of furan rings is 1. The zero-order valence-corrected chi connectivity index (χ0v) is 14.6. The standard InChI is InChI=1S/C20H21N3O2/c1-13-7-14(2)19(15(3)8-13)23-20(24)16-9-17(11-21-10-16)22-12-18-5-4-6-25-18/h4-11,22H,12H2,1-3H3,(H,23,24). The van der Waals surface area contributed by atoms with Gasteiger partial charge in [-0.3, -0.25) is 9.78 Å². The fourth-order valence-electron chi connectivity index (χ4n) is 2.83. The van der Waals surface area contributed by atoms with Gasteiger partial charge in [0, 0.05) is 18.1 Å². The lowest BCUT2D eigenvalue weighted by molar-refractivity contribution is 0.102. The van der Waals surface area contributed by atoms with Gasteiger partial charge in [-0.2, -0.15) is 0 Å². The van der Waals surface area contributed by atoms with E-state index in [9.17, 15) is 4.79 Å². The van der Waals surface area contributed by atoms with Gasteiger partial charge in [-0.1, -0.05) is 17.7 Å². The number of nitrogens with zero attached hydrogens (tertiary/aromatic N) is 1. The van der Waals surface area contributed by atoms with E-state index < -0.39 is 0 Å². The first-order valence-corrected chi connectivity index (χ1v) is 8.13. The summed E-state index contributed by atoms with van der Waals surface area (Å²) in [6, 6.07) is 9.62. The van der Waals surface area contributed by atoms with Crippen molar-refractivity contribution in [2.45, 2.75) is 27.3 Å². The molecule has 25 heavy (non-hydrogen) atoms. The predicted octanol–water partition coefficient (Wildman–Crippen LogP) is 4.46. The highest BCUT2D eigenvalue weighted by Crippen LogP contribution is 2.23. The summed E-state index contributed by atoms with van der Waals surface area (Å²) in [5, 5.41) is 6.19. The quantitative estimate of drug-likeness (QED) is 0.722. The Labute approximate surface area is 147 Å². The normalized spacial score (nSPS) is 10.5. The molecular formula is C20H21N3O2. The second-order valence-corrected chi connectivity index (χ2v) is 6.12. The Kier molecular flexibility index (Phi) is 4.84. The van der Waals surface area contributed by atoms with Gasteiger partial charge in [-0.25, -0.2) is 0 Å². The Morgan fingerprint density at radius 3 is 2.56 bits per heavy atom. The highest BCUT2D eigenvalue weighted by molar-refractivity contribution is 6.05. The Balaban J connectivity index is 1.73. The second-order valence-electron chi connectivity index (χ2n) is 6.12. The molecule has 3 rings (SSSR count). The number of benzene rings is 1. The maximum absolute atomic E-state index is 12.6. The SMILES string of the molecule is Cc1cc(C)c(NC(=O)c2cncc(NCc3ccco3)c2)c(C)c1. The minimum atomic E-state index is -0.177. The fraction of sp³-hybridized carbons (Fsp3) is 0.200. The maximum atomic E-state index is 12.6. The van der Waals surface area contributed by atoms with Crippen LogP contribution in [0.5, 0.6) is 0 Å². The van der Waals surface area contributed by atoms with Crippen molar-refractivity contribution in [3.05, 3.63) is 77.0 Å². The van der Waals surface area contributed by atoms with E-state index in [0.717, 1.165) is 28.3 Å². The largest absolute Gasteiger partial charge is 0.467 e. The van der Waals surface area contributed by atoms with E-state index in [1.54, 1.807) is 24.7 Å². The Morgan fingerprint density at radius 2 is 1.88 bits per heavy atom. The number of anilines is 2. The van der Waals surface area contributed by atoms with Crippen LogP contribution in [0.2, 0.25) is 0 Å². The van der Waals surface area contributed by atoms with Gasteiger partial charge in [-0.15, -0.1) is 0 Å². The lowest BCUT2D eigenvalue weighted by atomic mass is 10.0. The molecule has 1 aromatic carbocycles. The van der Waals surface area contributed by atoms with Crippen molar-refractivity contribution >= 4 is 17.3 Å². The Morgan fingerprint density at radius 1 is 1.12 bits per heavy atom. The third kappa shape index (κ3) is 4.07. The second kappa shape index (κ2) is 7.21. The molecule has 0 aliphatic rings. The van der Waals surface area contributed by atoms with Crippen LogP contribution in [0, 0.1) is 20.8 Å². The monoisotopic (exact) mass is 335 g/mol. The number of aromatic nitrogens is 1. The molecule has 0 unspecified atom stereocenters. The molecule has 0 atom stereocenters. The predicted molar refractivity (Wildman–Crippen MR) is 98.9 cm³/mol. The van der Waals surface area contributed by atoms with Gasteiger partial charge in [0.05, 0.1) is 24.1 Å². The number of hydrogen-bond donors (Lipinski definition) is 2. The smallest absolute Gasteiger partial charge is 0.257 e. The van der Waals surface area contributed by atoms with E-state index in [2.05, 4.69) is 27.8 Å². The minimum Gasteiger partial charge on any atom is -0.467 e. The van der Waals surface area contributed by atoms with Crippen molar-refractivity contribution in [1.82, 2.24) is 4.98 Å². The summed E-state index contributed by atoms with van der Waals surface area (Å²) in [6.07, 6.45) is 4.87. The fourth-order valence-corrected chi connectivity index (χ4v) is 2.83. The lowest BCUT2D eigenvalue weighted by Gasteiger charge is -2.13. The van der Waals surface area contributed by atoms with Crippen LogP contribution in [0.15, 0.2) is 53.4 Å². The van der Waals surface area contributed by atoms with Gasteiger partial charge >= 0.3 is 0 Å². The van der Waals surface area contributed by atoms with E-state index in [4.69, 9.17) is 4.42 Å². The molecule has 0 saturated heterocycles. The molecule has 128 valence electrons. The number of aryl methyl sites for hydroxylation is 3. The molecule has 5 nitrogen and oxygen atoms in total. The summed E-state index contributed by atoms with van der Waals surface area (Å²) in [4.78, 5) is 16.7. The molecule has 0 saturated carbocycles. The number of carbonyl (C=O) groups excluding carboxylic acids is 1. The first-order chi connectivity index (χ1) is 12.0. The van der Waals surface area contributed by atoms with Gasteiger partial charge in [0.2, 0.25) is 0 Å². The zero-order valence-electron chi connectivity index (χ0n) is 14.6. The van der Waals surface area contributed by atoms with Gasteiger partial charge in [0.25, 0.3) is 5.91 Å². The number of amides is 1. The van der Waals surface area contributed by atoms with Crippen LogP contribution in [0.3, 0.4) is 0 Å². The molecule has 2 N–H and O–H groups in total. The highest BCUT2D eigenvalue weighted by atomic mass is 16.3. The Bertz CT molecular complexity index is 863. The number of nitrogens with one attached hydrogen (secondary N) is 2. The molecule has 0 spiro atoms. The molecule has 5 heteroatoms. The molecule has 0 fully saturated rings. The topological polar surface area (TPSA) is 67.2 Å². The molecule has 0 radical (unpaired) electrons. The Hall–Kier alpha value is -3.08. The van der Waals surface area contributed by atoms with Gasteiger partial charge in [-0.05, 0) is 50.1 Å². The summed E-state index contributed by atoms with van der Waals surface area (Å²) in [5.74, 6) is 0.643. The van der Waals surface area contributed by atoms with E-state index in [1.165, 1.54) is 5.56 Å². The van der Waals surface area contributed by atoms with Crippen molar-refractivity contribution in [2.75, 3.05) is 10.6 Å². The minimum absolute atomic E-state index is 0.177. The number of rotatable bonds is 5. The van der Waals surface area contributed by atoms with Gasteiger partial charge in [0.1, 0.15) is 5.76 Å². The molecule has 1 amide bonds. The lowest BCUT2D eigenvalue weighted by Crippen LogP contribution is -2.14. The van der Waals surface area contributed by atoms with Crippen molar-refractivity contribution in [2.24, 2.45) is 0 Å². The summed E-state index contributed by atoms with van der Waals surface area (Å²) in [7, 11) is 0. The van der Waals surface area contributed by atoms with Crippen LogP contribution in [-0.4, -0.2) is 10.9 Å². The molecule has 2 heterocycles.